The second-order valence-corrected chi connectivity index (χ2v) is 6.27. The molecular formula is C16H17NO3S. The number of carbonyl (C=O) groups excluding carboxylic acids is 1. The zero-order chi connectivity index (χ0) is 14.8. The van der Waals surface area contributed by atoms with Crippen LogP contribution in [0.3, 0.4) is 0 Å². The maximum Gasteiger partial charge on any atom is 0.261 e. The van der Waals surface area contributed by atoms with Crippen molar-refractivity contribution in [3.8, 4) is 11.5 Å². The highest BCUT2D eigenvalue weighted by Gasteiger charge is 2.13. The summed E-state index contributed by atoms with van der Waals surface area (Å²) >= 11 is 1.52. The largest absolute Gasteiger partial charge is 0.486 e. The van der Waals surface area contributed by atoms with Crippen molar-refractivity contribution in [2.24, 2.45) is 0 Å². The summed E-state index contributed by atoms with van der Waals surface area (Å²) in [7, 11) is 0. The van der Waals surface area contributed by atoms with Crippen LogP contribution in [0.1, 0.15) is 25.7 Å². The van der Waals surface area contributed by atoms with Crippen molar-refractivity contribution in [1.82, 2.24) is 5.32 Å². The van der Waals surface area contributed by atoms with Gasteiger partial charge in [-0.3, -0.25) is 4.79 Å². The van der Waals surface area contributed by atoms with Gasteiger partial charge in [-0.25, -0.2) is 0 Å². The number of hydrogen-bond donors (Lipinski definition) is 1. The number of aryl methyl sites for hydroxylation is 2. The molecule has 0 spiro atoms. The van der Waals surface area contributed by atoms with Crippen LogP contribution in [-0.2, 0) is 6.54 Å². The normalized spacial score (nSPS) is 13.0. The van der Waals surface area contributed by atoms with E-state index in [1.807, 2.05) is 38.1 Å². The molecule has 2 heterocycles. The average Bonchev–Trinajstić information content (AvgIpc) is 2.84. The van der Waals surface area contributed by atoms with Crippen LogP contribution in [0.5, 0.6) is 11.5 Å². The van der Waals surface area contributed by atoms with E-state index in [1.54, 1.807) is 0 Å². The first-order valence-electron chi connectivity index (χ1n) is 6.87. The summed E-state index contributed by atoms with van der Waals surface area (Å²) in [4.78, 5) is 14.0. The third-order valence-electron chi connectivity index (χ3n) is 3.45. The number of amides is 1. The number of carbonyl (C=O) groups is 1. The molecule has 0 atom stereocenters. The summed E-state index contributed by atoms with van der Waals surface area (Å²) in [6.07, 6.45) is 0. The van der Waals surface area contributed by atoms with Gasteiger partial charge in [0.2, 0.25) is 0 Å². The van der Waals surface area contributed by atoms with Gasteiger partial charge in [-0.15, -0.1) is 11.3 Å². The molecule has 1 amide bonds. The molecule has 0 bridgehead atoms. The minimum Gasteiger partial charge on any atom is -0.486 e. The molecule has 3 rings (SSSR count). The summed E-state index contributed by atoms with van der Waals surface area (Å²) in [5, 5.41) is 2.94. The zero-order valence-electron chi connectivity index (χ0n) is 12.1. The predicted molar refractivity (Wildman–Crippen MR) is 82.4 cm³/mol. The van der Waals surface area contributed by atoms with Crippen LogP contribution in [0.4, 0.5) is 0 Å². The van der Waals surface area contributed by atoms with Gasteiger partial charge in [0, 0.05) is 11.4 Å². The molecule has 0 unspecified atom stereocenters. The molecule has 21 heavy (non-hydrogen) atoms. The summed E-state index contributed by atoms with van der Waals surface area (Å²) in [5.41, 5.74) is 2.15. The molecule has 1 N–H and O–H groups in total. The molecule has 0 saturated heterocycles. The zero-order valence-corrected chi connectivity index (χ0v) is 12.9. The van der Waals surface area contributed by atoms with Crippen LogP contribution < -0.4 is 14.8 Å². The fraction of sp³-hybridized carbons (Fsp3) is 0.312. The number of fused-ring (bicyclic) bond motifs is 1. The van der Waals surface area contributed by atoms with Crippen molar-refractivity contribution in [3.05, 3.63) is 45.1 Å². The van der Waals surface area contributed by atoms with E-state index in [0.717, 1.165) is 27.5 Å². The van der Waals surface area contributed by atoms with E-state index in [1.165, 1.54) is 16.2 Å². The van der Waals surface area contributed by atoms with Gasteiger partial charge in [-0.1, -0.05) is 6.07 Å². The molecule has 0 saturated carbocycles. The molecule has 4 nitrogen and oxygen atoms in total. The first-order valence-corrected chi connectivity index (χ1v) is 7.69. The lowest BCUT2D eigenvalue weighted by Gasteiger charge is -2.18. The fourth-order valence-electron chi connectivity index (χ4n) is 2.15. The van der Waals surface area contributed by atoms with Crippen LogP contribution >= 0.6 is 11.3 Å². The molecule has 1 aliphatic heterocycles. The van der Waals surface area contributed by atoms with Gasteiger partial charge in [0.25, 0.3) is 5.91 Å². The van der Waals surface area contributed by atoms with E-state index in [2.05, 4.69) is 5.32 Å². The molecular weight excluding hydrogens is 286 g/mol. The SMILES string of the molecule is Cc1cc(C(=O)NCc2ccc3c(c2)OCCO3)sc1C. The average molecular weight is 303 g/mol. The molecule has 1 aliphatic rings. The van der Waals surface area contributed by atoms with Crippen LogP contribution in [0.25, 0.3) is 0 Å². The Morgan fingerprint density at radius 3 is 2.67 bits per heavy atom. The van der Waals surface area contributed by atoms with E-state index < -0.39 is 0 Å². The number of rotatable bonds is 3. The molecule has 0 fully saturated rings. The summed E-state index contributed by atoms with van der Waals surface area (Å²) in [6.45, 7) is 5.67. The number of benzene rings is 1. The first-order chi connectivity index (χ1) is 10.1. The van der Waals surface area contributed by atoms with E-state index in [-0.39, 0.29) is 5.91 Å². The number of nitrogens with one attached hydrogen (secondary N) is 1. The Bertz CT molecular complexity index is 659. The maximum atomic E-state index is 12.1. The third-order valence-corrected chi connectivity index (χ3v) is 4.60. The number of thiophene rings is 1. The maximum absolute atomic E-state index is 12.1. The Kier molecular flexibility index (Phi) is 3.84. The smallest absolute Gasteiger partial charge is 0.261 e. The summed E-state index contributed by atoms with van der Waals surface area (Å²) in [5.74, 6) is 1.47. The van der Waals surface area contributed by atoms with Crippen molar-refractivity contribution >= 4 is 17.2 Å². The lowest BCUT2D eigenvalue weighted by Crippen LogP contribution is -2.22. The van der Waals surface area contributed by atoms with Crippen LogP contribution in [-0.4, -0.2) is 19.1 Å². The fourth-order valence-corrected chi connectivity index (χ4v) is 3.10. The molecule has 2 aromatic rings. The van der Waals surface area contributed by atoms with Crippen molar-refractivity contribution in [1.29, 1.82) is 0 Å². The van der Waals surface area contributed by atoms with E-state index in [4.69, 9.17) is 9.47 Å². The number of hydrogen-bond acceptors (Lipinski definition) is 4. The predicted octanol–water partition coefficient (Wildman–Crippen LogP) is 3.07. The Morgan fingerprint density at radius 2 is 1.95 bits per heavy atom. The highest BCUT2D eigenvalue weighted by atomic mass is 32.1. The highest BCUT2D eigenvalue weighted by molar-refractivity contribution is 7.14. The number of ether oxygens (including phenoxy) is 2. The minimum atomic E-state index is -0.0360. The van der Waals surface area contributed by atoms with Crippen molar-refractivity contribution in [2.45, 2.75) is 20.4 Å². The van der Waals surface area contributed by atoms with Gasteiger partial charge in [-0.05, 0) is 43.2 Å². The van der Waals surface area contributed by atoms with Gasteiger partial charge < -0.3 is 14.8 Å². The Balaban J connectivity index is 1.66. The monoisotopic (exact) mass is 303 g/mol. The molecule has 0 aliphatic carbocycles. The van der Waals surface area contributed by atoms with E-state index >= 15 is 0 Å². The van der Waals surface area contributed by atoms with Crippen LogP contribution in [0, 0.1) is 13.8 Å². The van der Waals surface area contributed by atoms with Gasteiger partial charge in [0.05, 0.1) is 4.88 Å². The minimum absolute atomic E-state index is 0.0360. The van der Waals surface area contributed by atoms with Crippen molar-refractivity contribution in [3.63, 3.8) is 0 Å². The van der Waals surface area contributed by atoms with Gasteiger partial charge in [0.1, 0.15) is 13.2 Å². The van der Waals surface area contributed by atoms with Gasteiger partial charge in [0.15, 0.2) is 11.5 Å². The second-order valence-electron chi connectivity index (χ2n) is 5.01. The Labute approximate surface area is 127 Å². The molecule has 110 valence electrons. The third kappa shape index (κ3) is 3.03. The Morgan fingerprint density at radius 1 is 1.19 bits per heavy atom. The molecule has 1 aromatic heterocycles. The Hall–Kier alpha value is -2.01. The second kappa shape index (κ2) is 5.77. The molecule has 5 heteroatoms. The van der Waals surface area contributed by atoms with Crippen molar-refractivity contribution in [2.75, 3.05) is 13.2 Å². The summed E-state index contributed by atoms with van der Waals surface area (Å²) < 4.78 is 11.0. The van der Waals surface area contributed by atoms with E-state index in [9.17, 15) is 4.79 Å². The van der Waals surface area contributed by atoms with E-state index in [0.29, 0.717) is 19.8 Å². The summed E-state index contributed by atoms with van der Waals surface area (Å²) in [6, 6.07) is 7.67. The van der Waals surface area contributed by atoms with Crippen LogP contribution in [0.2, 0.25) is 0 Å². The lowest BCUT2D eigenvalue weighted by atomic mass is 10.2. The molecule has 1 aromatic carbocycles. The highest BCUT2D eigenvalue weighted by Crippen LogP contribution is 2.30. The molecule has 0 radical (unpaired) electrons. The quantitative estimate of drug-likeness (QED) is 0.948. The van der Waals surface area contributed by atoms with Gasteiger partial charge >= 0.3 is 0 Å². The van der Waals surface area contributed by atoms with Gasteiger partial charge in [-0.2, -0.15) is 0 Å². The first kappa shape index (κ1) is 13.9. The van der Waals surface area contributed by atoms with Crippen LogP contribution in [0.15, 0.2) is 24.3 Å². The topological polar surface area (TPSA) is 47.6 Å². The van der Waals surface area contributed by atoms with Crippen molar-refractivity contribution < 1.29 is 14.3 Å². The standard InChI is InChI=1S/C16H17NO3S/c1-10-7-15(21-11(10)2)16(18)17-9-12-3-4-13-14(8-12)20-6-5-19-13/h3-4,7-8H,5-6,9H2,1-2H3,(H,17,18). The lowest BCUT2D eigenvalue weighted by molar-refractivity contribution is 0.0955.